The molecule has 1 atom stereocenters. The first kappa shape index (κ1) is 17.6. The first-order valence-corrected chi connectivity index (χ1v) is 6.80. The van der Waals surface area contributed by atoms with Crippen molar-refractivity contribution in [2.45, 2.75) is 13.0 Å². The highest BCUT2D eigenvalue weighted by Crippen LogP contribution is 2.29. The van der Waals surface area contributed by atoms with E-state index >= 15 is 0 Å². The Morgan fingerprint density at radius 1 is 1.38 bits per heavy atom. The van der Waals surface area contributed by atoms with Gasteiger partial charge in [-0.1, -0.05) is 23.2 Å². The molecule has 0 saturated carbocycles. The fourth-order valence-electron chi connectivity index (χ4n) is 1.58. The summed E-state index contributed by atoms with van der Waals surface area (Å²) in [4.78, 5) is 23.4. The van der Waals surface area contributed by atoms with Crippen LogP contribution in [0.3, 0.4) is 0 Å². The second-order valence-electron chi connectivity index (χ2n) is 4.36. The molecule has 0 aliphatic carbocycles. The minimum Gasteiger partial charge on any atom is -0.452 e. The Labute approximate surface area is 132 Å². The van der Waals surface area contributed by atoms with E-state index in [0.717, 1.165) is 0 Å². The lowest BCUT2D eigenvalue weighted by Gasteiger charge is -2.13. The molecule has 8 heteroatoms. The van der Waals surface area contributed by atoms with Gasteiger partial charge in [-0.2, -0.15) is 0 Å². The number of hydrogen-bond donors (Lipinski definition) is 2. The molecule has 0 saturated heterocycles. The highest BCUT2D eigenvalue weighted by atomic mass is 35.5. The van der Waals surface area contributed by atoms with Crippen LogP contribution in [0.4, 0.5) is 5.69 Å². The Morgan fingerprint density at radius 3 is 2.67 bits per heavy atom. The number of benzene rings is 1. The Hall–Kier alpha value is -1.50. The van der Waals surface area contributed by atoms with Crippen molar-refractivity contribution in [3.63, 3.8) is 0 Å². The van der Waals surface area contributed by atoms with Crippen molar-refractivity contribution < 1.29 is 19.1 Å². The number of hydrogen-bond acceptors (Lipinski definition) is 5. The number of esters is 1. The minimum absolute atomic E-state index is 0.0133. The van der Waals surface area contributed by atoms with E-state index in [9.17, 15) is 9.59 Å². The second-order valence-corrected chi connectivity index (χ2v) is 5.15. The van der Waals surface area contributed by atoms with Gasteiger partial charge in [-0.15, -0.1) is 0 Å². The summed E-state index contributed by atoms with van der Waals surface area (Å²) >= 11 is 11.7. The number of nitrogens with two attached hydrogens (primary N) is 1. The van der Waals surface area contributed by atoms with Crippen molar-refractivity contribution in [3.8, 4) is 0 Å². The summed E-state index contributed by atoms with van der Waals surface area (Å²) < 4.78 is 9.74. The van der Waals surface area contributed by atoms with Crippen LogP contribution in [0.2, 0.25) is 10.0 Å². The Morgan fingerprint density at radius 2 is 2.05 bits per heavy atom. The summed E-state index contributed by atoms with van der Waals surface area (Å²) in [6.07, 6.45) is 0. The molecule has 116 valence electrons. The molecule has 21 heavy (non-hydrogen) atoms. The molecule has 0 fully saturated rings. The van der Waals surface area contributed by atoms with E-state index in [4.69, 9.17) is 38.4 Å². The fourth-order valence-corrected chi connectivity index (χ4v) is 1.99. The van der Waals surface area contributed by atoms with Crippen LogP contribution in [0.15, 0.2) is 12.1 Å². The van der Waals surface area contributed by atoms with Crippen LogP contribution in [0.25, 0.3) is 0 Å². The lowest BCUT2D eigenvalue weighted by atomic mass is 10.2. The summed E-state index contributed by atoms with van der Waals surface area (Å²) in [7, 11) is 1.52. The lowest BCUT2D eigenvalue weighted by Crippen LogP contribution is -2.38. The third kappa shape index (κ3) is 5.41. The summed E-state index contributed by atoms with van der Waals surface area (Å²) in [5.74, 6) is -1.22. The van der Waals surface area contributed by atoms with Gasteiger partial charge in [0.1, 0.15) is 0 Å². The summed E-state index contributed by atoms with van der Waals surface area (Å²) in [6, 6.07) is 2.56. The molecule has 0 aliphatic rings. The van der Waals surface area contributed by atoms with Crippen molar-refractivity contribution in [2.24, 2.45) is 0 Å². The van der Waals surface area contributed by atoms with Crippen LogP contribution in [0.1, 0.15) is 17.3 Å². The third-order valence-electron chi connectivity index (χ3n) is 2.43. The van der Waals surface area contributed by atoms with Gasteiger partial charge in [0.15, 0.2) is 6.61 Å². The largest absolute Gasteiger partial charge is 0.452 e. The Balaban J connectivity index is 2.60. The zero-order chi connectivity index (χ0) is 16.0. The summed E-state index contributed by atoms with van der Waals surface area (Å²) in [5, 5.41) is 2.77. The minimum atomic E-state index is -0.774. The predicted molar refractivity (Wildman–Crippen MR) is 80.6 cm³/mol. The number of anilines is 1. The van der Waals surface area contributed by atoms with Crippen LogP contribution in [0.5, 0.6) is 0 Å². The maximum atomic E-state index is 11.9. The molecule has 0 bridgehead atoms. The molecule has 0 aliphatic heterocycles. The quantitative estimate of drug-likeness (QED) is 0.612. The van der Waals surface area contributed by atoms with Crippen LogP contribution in [0, 0.1) is 0 Å². The zero-order valence-electron chi connectivity index (χ0n) is 11.6. The predicted octanol–water partition coefficient (Wildman–Crippen LogP) is 1.88. The number of nitrogens with one attached hydrogen (secondary N) is 1. The Bertz CT molecular complexity index is 537. The zero-order valence-corrected chi connectivity index (χ0v) is 13.1. The second kappa shape index (κ2) is 8.07. The third-order valence-corrected chi connectivity index (χ3v) is 3.23. The number of methoxy groups -OCH3 is 1. The molecule has 1 amide bonds. The molecule has 0 radical (unpaired) electrons. The standard InChI is InChI=1S/C13H16Cl2N2O4/c1-7(5-20-2)17-11(18)6-21-13(19)9-3-8(16)4-10(14)12(9)15/h3-4,7H,5-6,16H2,1-2H3,(H,17,18). The van der Waals surface area contributed by atoms with Gasteiger partial charge >= 0.3 is 5.97 Å². The monoisotopic (exact) mass is 334 g/mol. The van der Waals surface area contributed by atoms with Gasteiger partial charge < -0.3 is 20.5 Å². The molecule has 1 aromatic rings. The number of carbonyl (C=O) groups excluding carboxylic acids is 2. The molecule has 1 unspecified atom stereocenters. The molecule has 1 aromatic carbocycles. The molecule has 0 spiro atoms. The van der Waals surface area contributed by atoms with Gasteiger partial charge in [0.2, 0.25) is 0 Å². The number of ether oxygens (including phenoxy) is 2. The summed E-state index contributed by atoms with van der Waals surface area (Å²) in [6.45, 7) is 1.68. The number of carbonyl (C=O) groups is 2. The number of amides is 1. The average molecular weight is 335 g/mol. The molecule has 6 nitrogen and oxygen atoms in total. The van der Waals surface area contributed by atoms with E-state index in [2.05, 4.69) is 5.32 Å². The van der Waals surface area contributed by atoms with Gasteiger partial charge in [-0.05, 0) is 19.1 Å². The molecular formula is C13H16Cl2N2O4. The van der Waals surface area contributed by atoms with E-state index in [1.54, 1.807) is 6.92 Å². The van der Waals surface area contributed by atoms with Crippen molar-refractivity contribution in [1.82, 2.24) is 5.32 Å². The fraction of sp³-hybridized carbons (Fsp3) is 0.385. The molecule has 3 N–H and O–H groups in total. The van der Waals surface area contributed by atoms with Crippen molar-refractivity contribution >= 4 is 40.8 Å². The molecule has 0 heterocycles. The van der Waals surface area contributed by atoms with Gasteiger partial charge in [-0.25, -0.2) is 4.79 Å². The average Bonchev–Trinajstić information content (AvgIpc) is 2.40. The van der Waals surface area contributed by atoms with Gasteiger partial charge in [0, 0.05) is 18.8 Å². The number of nitrogen functional groups attached to an aromatic ring is 1. The number of halogens is 2. The van der Waals surface area contributed by atoms with Crippen molar-refractivity contribution in [2.75, 3.05) is 26.1 Å². The van der Waals surface area contributed by atoms with E-state index in [0.29, 0.717) is 6.61 Å². The van der Waals surface area contributed by atoms with E-state index < -0.39 is 18.5 Å². The smallest absolute Gasteiger partial charge is 0.340 e. The van der Waals surface area contributed by atoms with Crippen LogP contribution in [-0.2, 0) is 14.3 Å². The van der Waals surface area contributed by atoms with Gasteiger partial charge in [0.25, 0.3) is 5.91 Å². The number of rotatable bonds is 6. The Kier molecular flexibility index (Phi) is 6.74. The molecule has 0 aromatic heterocycles. The highest BCUT2D eigenvalue weighted by Gasteiger charge is 2.17. The van der Waals surface area contributed by atoms with E-state index in [1.165, 1.54) is 19.2 Å². The van der Waals surface area contributed by atoms with Crippen molar-refractivity contribution in [1.29, 1.82) is 0 Å². The first-order valence-electron chi connectivity index (χ1n) is 6.05. The highest BCUT2D eigenvalue weighted by molar-refractivity contribution is 6.44. The summed E-state index contributed by atoms with van der Waals surface area (Å²) in [5.41, 5.74) is 5.86. The van der Waals surface area contributed by atoms with Gasteiger partial charge in [0.05, 0.1) is 22.2 Å². The molecular weight excluding hydrogens is 319 g/mol. The SMILES string of the molecule is COCC(C)NC(=O)COC(=O)c1cc(N)cc(Cl)c1Cl. The maximum absolute atomic E-state index is 11.9. The van der Waals surface area contributed by atoms with Crippen LogP contribution >= 0.6 is 23.2 Å². The van der Waals surface area contributed by atoms with Crippen LogP contribution in [-0.4, -0.2) is 38.2 Å². The van der Waals surface area contributed by atoms with Crippen LogP contribution < -0.4 is 11.1 Å². The van der Waals surface area contributed by atoms with E-state index in [1.807, 2.05) is 0 Å². The van der Waals surface area contributed by atoms with E-state index in [-0.39, 0.29) is 27.3 Å². The molecule has 1 rings (SSSR count). The lowest BCUT2D eigenvalue weighted by molar-refractivity contribution is -0.125. The topological polar surface area (TPSA) is 90.6 Å². The van der Waals surface area contributed by atoms with Gasteiger partial charge in [-0.3, -0.25) is 4.79 Å². The van der Waals surface area contributed by atoms with Crippen molar-refractivity contribution in [3.05, 3.63) is 27.7 Å². The maximum Gasteiger partial charge on any atom is 0.340 e. The normalized spacial score (nSPS) is 11.8. The first-order chi connectivity index (χ1) is 9.85.